The zero-order valence-electron chi connectivity index (χ0n) is 13.8. The molecule has 0 aliphatic carbocycles. The number of rotatable bonds is 5. The second-order valence-electron chi connectivity index (χ2n) is 6.43. The molecule has 1 saturated heterocycles. The first kappa shape index (κ1) is 17.6. The van der Waals surface area contributed by atoms with Crippen LogP contribution >= 0.6 is 0 Å². The van der Waals surface area contributed by atoms with Crippen molar-refractivity contribution in [3.8, 4) is 11.5 Å². The number of aliphatic hydroxyl groups is 1. The van der Waals surface area contributed by atoms with Crippen LogP contribution in [0, 0.1) is 10.1 Å². The molecule has 0 amide bonds. The van der Waals surface area contributed by atoms with Gasteiger partial charge in [0.2, 0.25) is 13.3 Å². The molecule has 0 unspecified atom stereocenters. The minimum absolute atomic E-state index is 0.0787. The Kier molecular flexibility index (Phi) is 4.63. The van der Waals surface area contributed by atoms with Gasteiger partial charge in [0.1, 0.15) is 18.3 Å². The number of ether oxygens (including phenoxy) is 4. The first-order chi connectivity index (χ1) is 11.8. The van der Waals surface area contributed by atoms with E-state index in [0.717, 1.165) is 0 Å². The van der Waals surface area contributed by atoms with Crippen molar-refractivity contribution in [3.05, 3.63) is 33.9 Å². The summed E-state index contributed by atoms with van der Waals surface area (Å²) in [5, 5.41) is 21.6. The minimum Gasteiger partial charge on any atom is -0.454 e. The highest BCUT2D eigenvalue weighted by atomic mass is 16.7. The normalized spacial score (nSPS) is 28.4. The molecule has 3 rings (SSSR count). The molecule has 0 aromatic heterocycles. The summed E-state index contributed by atoms with van der Waals surface area (Å²) in [5.74, 6) is -0.951. The third kappa shape index (κ3) is 3.58. The number of aliphatic hydroxyl groups excluding tert-OH is 1. The van der Waals surface area contributed by atoms with Crippen molar-refractivity contribution in [2.45, 2.75) is 43.9 Å². The number of nitrogens with zero attached hydrogens (tertiary/aromatic N) is 1. The average Bonchev–Trinajstić information content (AvgIpc) is 3.02. The molecule has 0 bridgehead atoms. The van der Waals surface area contributed by atoms with Gasteiger partial charge in [0, 0.05) is 4.92 Å². The van der Waals surface area contributed by atoms with Crippen molar-refractivity contribution < 1.29 is 33.8 Å². The Morgan fingerprint density at radius 3 is 2.76 bits per heavy atom. The molecular formula is C16H19NO8. The highest BCUT2D eigenvalue weighted by Crippen LogP contribution is 2.39. The van der Waals surface area contributed by atoms with E-state index in [4.69, 9.17) is 18.9 Å². The van der Waals surface area contributed by atoms with Crippen molar-refractivity contribution in [3.63, 3.8) is 0 Å². The second-order valence-corrected chi connectivity index (χ2v) is 6.43. The van der Waals surface area contributed by atoms with Crippen LogP contribution in [0.3, 0.4) is 0 Å². The smallest absolute Gasteiger partial charge is 0.231 e. The zero-order chi connectivity index (χ0) is 18.2. The number of fused-ring (bicyclic) bond motifs is 1. The van der Waals surface area contributed by atoms with Crippen molar-refractivity contribution >= 4 is 6.29 Å². The summed E-state index contributed by atoms with van der Waals surface area (Å²) < 4.78 is 21.7. The van der Waals surface area contributed by atoms with Gasteiger partial charge in [0.25, 0.3) is 0 Å². The molecule has 9 heteroatoms. The quantitative estimate of drug-likeness (QED) is 0.470. The Balaban J connectivity index is 1.97. The summed E-state index contributed by atoms with van der Waals surface area (Å²) in [6.07, 6.45) is -2.98. The SMILES string of the molecule is CC1(C)O[C@H]([C@@H](C[N+](=O)[O-])c2ccc3c(c2)OCO3)[C@@H](O)[C@H](C=O)O1. The van der Waals surface area contributed by atoms with Crippen LogP contribution in [0.5, 0.6) is 11.5 Å². The highest BCUT2D eigenvalue weighted by molar-refractivity contribution is 5.57. The molecule has 2 heterocycles. The number of carbonyl (C=O) groups is 1. The van der Waals surface area contributed by atoms with Crippen molar-refractivity contribution in [1.82, 2.24) is 0 Å². The van der Waals surface area contributed by atoms with Crippen LogP contribution in [-0.2, 0) is 14.3 Å². The fourth-order valence-electron chi connectivity index (χ4n) is 3.14. The fraction of sp³-hybridized carbons (Fsp3) is 0.562. The van der Waals surface area contributed by atoms with Gasteiger partial charge in [-0.15, -0.1) is 0 Å². The van der Waals surface area contributed by atoms with Gasteiger partial charge in [-0.05, 0) is 31.5 Å². The number of carbonyl (C=O) groups excluding carboxylic acids is 1. The van der Waals surface area contributed by atoms with Crippen LogP contribution in [-0.4, -0.2) is 53.8 Å². The molecule has 1 N–H and O–H groups in total. The van der Waals surface area contributed by atoms with Gasteiger partial charge in [-0.1, -0.05) is 6.07 Å². The molecule has 9 nitrogen and oxygen atoms in total. The molecule has 1 aromatic rings. The van der Waals surface area contributed by atoms with E-state index in [1.807, 2.05) is 0 Å². The molecule has 1 fully saturated rings. The van der Waals surface area contributed by atoms with E-state index in [9.17, 15) is 20.0 Å². The van der Waals surface area contributed by atoms with Gasteiger partial charge in [-0.2, -0.15) is 0 Å². The molecule has 2 aliphatic rings. The van der Waals surface area contributed by atoms with Crippen LogP contribution in [0.15, 0.2) is 18.2 Å². The fourth-order valence-corrected chi connectivity index (χ4v) is 3.14. The van der Waals surface area contributed by atoms with Crippen LogP contribution in [0.4, 0.5) is 0 Å². The summed E-state index contributed by atoms with van der Waals surface area (Å²) in [7, 11) is 0. The molecule has 0 spiro atoms. The lowest BCUT2D eigenvalue weighted by Crippen LogP contribution is -2.57. The number of nitro groups is 1. The van der Waals surface area contributed by atoms with Crippen LogP contribution < -0.4 is 9.47 Å². The standard InChI is InChI=1S/C16H19NO8/c1-16(2)24-13(7-18)14(19)15(25-16)10(6-17(20)21)9-3-4-11-12(5-9)23-8-22-11/h3-5,7,10,13-15,19H,6,8H2,1-2H3/t10-,13-,14-,15+/m0/s1. The van der Waals surface area contributed by atoms with Gasteiger partial charge < -0.3 is 28.8 Å². The van der Waals surface area contributed by atoms with Crippen molar-refractivity contribution in [2.75, 3.05) is 13.3 Å². The van der Waals surface area contributed by atoms with E-state index in [0.29, 0.717) is 23.3 Å². The zero-order valence-corrected chi connectivity index (χ0v) is 13.8. The third-order valence-electron chi connectivity index (χ3n) is 4.21. The van der Waals surface area contributed by atoms with Gasteiger partial charge in [-0.3, -0.25) is 10.1 Å². The summed E-state index contributed by atoms with van der Waals surface area (Å²) in [4.78, 5) is 21.9. The topological polar surface area (TPSA) is 117 Å². The molecule has 0 saturated carbocycles. The first-order valence-corrected chi connectivity index (χ1v) is 7.81. The number of hydrogen-bond acceptors (Lipinski definition) is 8. The monoisotopic (exact) mass is 353 g/mol. The summed E-state index contributed by atoms with van der Waals surface area (Å²) in [6, 6.07) is 4.94. The van der Waals surface area contributed by atoms with Crippen molar-refractivity contribution in [2.24, 2.45) is 0 Å². The average molecular weight is 353 g/mol. The lowest BCUT2D eigenvalue weighted by Gasteiger charge is -2.44. The molecular weight excluding hydrogens is 334 g/mol. The summed E-state index contributed by atoms with van der Waals surface area (Å²) in [5.41, 5.74) is 0.548. The van der Waals surface area contributed by atoms with Gasteiger partial charge >= 0.3 is 0 Å². The van der Waals surface area contributed by atoms with E-state index in [-0.39, 0.29) is 6.79 Å². The number of benzene rings is 1. The Morgan fingerprint density at radius 1 is 1.36 bits per heavy atom. The number of hydrogen-bond donors (Lipinski definition) is 1. The van der Waals surface area contributed by atoms with Crippen LogP contribution in [0.1, 0.15) is 25.3 Å². The van der Waals surface area contributed by atoms with E-state index in [1.54, 1.807) is 32.0 Å². The predicted octanol–water partition coefficient (Wildman–Crippen LogP) is 0.855. The first-order valence-electron chi connectivity index (χ1n) is 7.81. The van der Waals surface area contributed by atoms with Gasteiger partial charge in [-0.25, -0.2) is 0 Å². The summed E-state index contributed by atoms with van der Waals surface area (Å²) >= 11 is 0. The Labute approximate surface area is 143 Å². The van der Waals surface area contributed by atoms with E-state index in [1.165, 1.54) is 0 Å². The van der Waals surface area contributed by atoms with Crippen LogP contribution in [0.2, 0.25) is 0 Å². The molecule has 25 heavy (non-hydrogen) atoms. The lowest BCUT2D eigenvalue weighted by atomic mass is 9.87. The second kappa shape index (κ2) is 6.58. The highest BCUT2D eigenvalue weighted by Gasteiger charge is 2.47. The van der Waals surface area contributed by atoms with Crippen molar-refractivity contribution in [1.29, 1.82) is 0 Å². The van der Waals surface area contributed by atoms with E-state index >= 15 is 0 Å². The largest absolute Gasteiger partial charge is 0.454 e. The van der Waals surface area contributed by atoms with Gasteiger partial charge in [0.05, 0.1) is 5.92 Å². The van der Waals surface area contributed by atoms with Crippen LogP contribution in [0.25, 0.3) is 0 Å². The molecule has 1 aromatic carbocycles. The van der Waals surface area contributed by atoms with E-state index in [2.05, 4.69) is 0 Å². The molecule has 136 valence electrons. The molecule has 0 radical (unpaired) electrons. The summed E-state index contributed by atoms with van der Waals surface area (Å²) in [6.45, 7) is 2.77. The predicted molar refractivity (Wildman–Crippen MR) is 83.1 cm³/mol. The maximum atomic E-state index is 11.2. The maximum Gasteiger partial charge on any atom is 0.231 e. The Morgan fingerprint density at radius 2 is 2.08 bits per heavy atom. The Bertz CT molecular complexity index is 676. The minimum atomic E-state index is -1.33. The third-order valence-corrected chi connectivity index (χ3v) is 4.21. The van der Waals surface area contributed by atoms with E-state index < -0.39 is 41.5 Å². The molecule has 2 aliphatic heterocycles. The van der Waals surface area contributed by atoms with Gasteiger partial charge in [0.15, 0.2) is 23.6 Å². The lowest BCUT2D eigenvalue weighted by molar-refractivity contribution is -0.488. The Hall–Kier alpha value is -2.23. The number of aldehydes is 1. The maximum absolute atomic E-state index is 11.2. The molecule has 4 atom stereocenters.